The van der Waals surface area contributed by atoms with Crippen LogP contribution in [0.15, 0.2) is 0 Å². The maximum Gasteiger partial charge on any atom is 0.223 e. The molecule has 0 aliphatic carbocycles. The van der Waals surface area contributed by atoms with Crippen molar-refractivity contribution >= 4 is 17.7 Å². The Kier molecular flexibility index (Phi) is 3.90. The highest BCUT2D eigenvalue weighted by Crippen LogP contribution is 2.25. The van der Waals surface area contributed by atoms with E-state index >= 15 is 0 Å². The first-order valence-electron chi connectivity index (χ1n) is 5.04. The van der Waals surface area contributed by atoms with E-state index in [2.05, 4.69) is 35.7 Å². The third-order valence-corrected chi connectivity index (χ3v) is 2.96. The zero-order valence-electron chi connectivity index (χ0n) is 9.74. The molecule has 0 saturated carbocycles. The van der Waals surface area contributed by atoms with Crippen LogP contribution in [0.2, 0.25) is 0 Å². The first kappa shape index (κ1) is 12.2. The third kappa shape index (κ3) is 4.46. The molecule has 1 aromatic rings. The summed E-state index contributed by atoms with van der Waals surface area (Å²) in [4.78, 5) is 12.5. The second-order valence-corrected chi connectivity index (χ2v) is 6.08. The number of thioether (sulfide) groups is 1. The van der Waals surface area contributed by atoms with E-state index in [1.165, 1.54) is 0 Å². The molecule has 0 atom stereocenters. The van der Waals surface area contributed by atoms with Crippen molar-refractivity contribution in [3.63, 3.8) is 0 Å². The largest absolute Gasteiger partial charge is 0.368 e. The molecule has 2 N–H and O–H groups in total. The maximum atomic E-state index is 5.60. The fourth-order valence-electron chi connectivity index (χ4n) is 0.992. The summed E-state index contributed by atoms with van der Waals surface area (Å²) in [6, 6.07) is 0. The van der Waals surface area contributed by atoms with E-state index in [0.717, 1.165) is 23.8 Å². The van der Waals surface area contributed by atoms with Gasteiger partial charge in [0, 0.05) is 11.2 Å². The van der Waals surface area contributed by atoms with E-state index in [4.69, 9.17) is 5.73 Å². The molecule has 1 aromatic heterocycles. The van der Waals surface area contributed by atoms with Gasteiger partial charge in [0.05, 0.1) is 5.75 Å². The Bertz CT molecular complexity index is 333. The van der Waals surface area contributed by atoms with Crippen molar-refractivity contribution in [2.45, 2.75) is 44.6 Å². The summed E-state index contributed by atoms with van der Waals surface area (Å²) < 4.78 is 0.216. The second-order valence-electron chi connectivity index (χ2n) is 4.28. The van der Waals surface area contributed by atoms with Gasteiger partial charge in [0.1, 0.15) is 11.6 Å². The zero-order valence-corrected chi connectivity index (χ0v) is 10.6. The smallest absolute Gasteiger partial charge is 0.223 e. The SMILES string of the molecule is CCc1nc(N)nc(CSC(C)(C)C)n1. The lowest BCUT2D eigenvalue weighted by molar-refractivity contribution is 0.796. The summed E-state index contributed by atoms with van der Waals surface area (Å²) in [5, 5.41) is 0. The minimum atomic E-state index is 0.216. The molecule has 0 amide bonds. The van der Waals surface area contributed by atoms with Crippen molar-refractivity contribution in [3.8, 4) is 0 Å². The van der Waals surface area contributed by atoms with Crippen LogP contribution in [0.25, 0.3) is 0 Å². The van der Waals surface area contributed by atoms with E-state index in [1.807, 2.05) is 6.92 Å². The molecule has 0 fully saturated rings. The molecule has 0 unspecified atom stereocenters. The molecule has 0 spiro atoms. The Labute approximate surface area is 95.1 Å². The van der Waals surface area contributed by atoms with Gasteiger partial charge in [0.15, 0.2) is 0 Å². The number of anilines is 1. The molecule has 0 radical (unpaired) electrons. The lowest BCUT2D eigenvalue weighted by Gasteiger charge is -2.16. The van der Waals surface area contributed by atoms with Gasteiger partial charge in [0.25, 0.3) is 0 Å². The summed E-state index contributed by atoms with van der Waals surface area (Å²) in [5.41, 5.74) is 5.60. The lowest BCUT2D eigenvalue weighted by atomic mass is 10.3. The number of nitrogens with zero attached hydrogens (tertiary/aromatic N) is 3. The number of aromatic nitrogens is 3. The Morgan fingerprint density at radius 1 is 1.13 bits per heavy atom. The van der Waals surface area contributed by atoms with Gasteiger partial charge in [-0.05, 0) is 0 Å². The molecule has 15 heavy (non-hydrogen) atoms. The van der Waals surface area contributed by atoms with E-state index < -0.39 is 0 Å². The Morgan fingerprint density at radius 3 is 2.27 bits per heavy atom. The van der Waals surface area contributed by atoms with Crippen LogP contribution in [0.3, 0.4) is 0 Å². The number of hydrogen-bond donors (Lipinski definition) is 1. The van der Waals surface area contributed by atoms with Crippen LogP contribution < -0.4 is 5.73 Å². The van der Waals surface area contributed by atoms with Crippen molar-refractivity contribution in [2.75, 3.05) is 5.73 Å². The first-order valence-corrected chi connectivity index (χ1v) is 6.02. The molecule has 0 bridgehead atoms. The summed E-state index contributed by atoms with van der Waals surface area (Å²) >= 11 is 1.81. The molecule has 1 rings (SSSR count). The van der Waals surface area contributed by atoms with Gasteiger partial charge in [-0.3, -0.25) is 0 Å². The van der Waals surface area contributed by atoms with Crippen LogP contribution >= 0.6 is 11.8 Å². The van der Waals surface area contributed by atoms with Gasteiger partial charge < -0.3 is 5.73 Å². The third-order valence-electron chi connectivity index (χ3n) is 1.70. The van der Waals surface area contributed by atoms with Crippen LogP contribution in [0.1, 0.15) is 39.3 Å². The second kappa shape index (κ2) is 4.79. The minimum absolute atomic E-state index is 0.216. The molecule has 4 nitrogen and oxygen atoms in total. The van der Waals surface area contributed by atoms with Crippen molar-refractivity contribution in [1.29, 1.82) is 0 Å². The first-order chi connectivity index (χ1) is 6.90. The van der Waals surface area contributed by atoms with Crippen LogP contribution in [0.5, 0.6) is 0 Å². The number of nitrogens with two attached hydrogens (primary N) is 1. The average Bonchev–Trinajstić information content (AvgIpc) is 2.13. The Balaban J connectivity index is 2.73. The van der Waals surface area contributed by atoms with Crippen molar-refractivity contribution in [1.82, 2.24) is 15.0 Å². The maximum absolute atomic E-state index is 5.60. The highest BCUT2D eigenvalue weighted by atomic mass is 32.2. The Morgan fingerprint density at radius 2 is 1.73 bits per heavy atom. The van der Waals surface area contributed by atoms with Crippen LogP contribution in [-0.4, -0.2) is 19.7 Å². The fourth-order valence-corrected chi connectivity index (χ4v) is 1.68. The molecule has 0 aliphatic heterocycles. The summed E-state index contributed by atoms with van der Waals surface area (Å²) in [5.74, 6) is 2.65. The Hall–Kier alpha value is -0.840. The number of aryl methyl sites for hydroxylation is 1. The van der Waals surface area contributed by atoms with Crippen molar-refractivity contribution in [2.24, 2.45) is 0 Å². The summed E-state index contributed by atoms with van der Waals surface area (Å²) in [6.45, 7) is 8.52. The zero-order chi connectivity index (χ0) is 11.5. The molecule has 5 heteroatoms. The quantitative estimate of drug-likeness (QED) is 0.854. The average molecular weight is 226 g/mol. The predicted octanol–water partition coefficient (Wildman–Crippen LogP) is 2.05. The predicted molar refractivity (Wildman–Crippen MR) is 64.7 cm³/mol. The molecule has 84 valence electrons. The van der Waals surface area contributed by atoms with Gasteiger partial charge in [-0.15, -0.1) is 11.8 Å². The van der Waals surface area contributed by atoms with E-state index in [9.17, 15) is 0 Å². The van der Waals surface area contributed by atoms with E-state index in [0.29, 0.717) is 5.95 Å². The van der Waals surface area contributed by atoms with Gasteiger partial charge in [-0.25, -0.2) is 4.98 Å². The molecular formula is C10H18N4S. The topological polar surface area (TPSA) is 64.7 Å². The number of hydrogen-bond acceptors (Lipinski definition) is 5. The fraction of sp³-hybridized carbons (Fsp3) is 0.700. The van der Waals surface area contributed by atoms with Crippen molar-refractivity contribution in [3.05, 3.63) is 11.6 Å². The van der Waals surface area contributed by atoms with Gasteiger partial charge in [-0.2, -0.15) is 9.97 Å². The van der Waals surface area contributed by atoms with Gasteiger partial charge in [0.2, 0.25) is 5.95 Å². The standard InChI is InChI=1S/C10H18N4S/c1-5-7-12-8(14-9(11)13-7)6-15-10(2,3)4/h5-6H2,1-4H3,(H2,11,12,13,14). The summed E-state index contributed by atoms with van der Waals surface area (Å²) in [7, 11) is 0. The summed E-state index contributed by atoms with van der Waals surface area (Å²) in [6.07, 6.45) is 0.792. The van der Waals surface area contributed by atoms with Crippen LogP contribution in [0, 0.1) is 0 Å². The lowest BCUT2D eigenvalue weighted by Crippen LogP contribution is -2.11. The monoisotopic (exact) mass is 226 g/mol. The molecule has 0 aromatic carbocycles. The van der Waals surface area contributed by atoms with E-state index in [1.54, 1.807) is 11.8 Å². The molecular weight excluding hydrogens is 208 g/mol. The van der Waals surface area contributed by atoms with Crippen LogP contribution in [-0.2, 0) is 12.2 Å². The van der Waals surface area contributed by atoms with Crippen molar-refractivity contribution < 1.29 is 0 Å². The number of nitrogen functional groups attached to an aromatic ring is 1. The molecule has 0 aliphatic rings. The molecule has 1 heterocycles. The highest BCUT2D eigenvalue weighted by Gasteiger charge is 2.12. The highest BCUT2D eigenvalue weighted by molar-refractivity contribution is 7.99. The molecule has 0 saturated heterocycles. The van der Waals surface area contributed by atoms with Crippen LogP contribution in [0.4, 0.5) is 5.95 Å². The van der Waals surface area contributed by atoms with E-state index in [-0.39, 0.29) is 4.75 Å². The number of rotatable bonds is 3. The minimum Gasteiger partial charge on any atom is -0.368 e. The van der Waals surface area contributed by atoms with Gasteiger partial charge in [-0.1, -0.05) is 27.7 Å². The van der Waals surface area contributed by atoms with Gasteiger partial charge >= 0.3 is 0 Å². The normalized spacial score (nSPS) is 11.7.